The lowest BCUT2D eigenvalue weighted by Gasteiger charge is -2.27. The number of aromatic amines is 3. The summed E-state index contributed by atoms with van der Waals surface area (Å²) >= 11 is 6.53. The molecule has 0 bridgehead atoms. The highest BCUT2D eigenvalue weighted by Crippen LogP contribution is 2.42. The van der Waals surface area contributed by atoms with E-state index in [0.29, 0.717) is 138 Å². The zero-order valence-electron chi connectivity index (χ0n) is 64.7. The highest BCUT2D eigenvalue weighted by atomic mass is 35.5. The van der Waals surface area contributed by atoms with Crippen molar-refractivity contribution in [2.75, 3.05) is 90.4 Å². The van der Waals surface area contributed by atoms with Crippen LogP contribution in [0.3, 0.4) is 0 Å². The van der Waals surface area contributed by atoms with E-state index in [0.717, 1.165) is 139 Å². The number of methoxy groups -OCH3 is 2. The van der Waals surface area contributed by atoms with Crippen LogP contribution in [-0.4, -0.2) is 174 Å². The van der Waals surface area contributed by atoms with Crippen LogP contribution in [0.15, 0.2) is 151 Å². The van der Waals surface area contributed by atoms with E-state index < -0.39 is 0 Å². The van der Waals surface area contributed by atoms with Crippen LogP contribution >= 0.6 is 11.6 Å². The van der Waals surface area contributed by atoms with Gasteiger partial charge in [-0.25, -0.2) is 19.9 Å². The van der Waals surface area contributed by atoms with Gasteiger partial charge < -0.3 is 73.5 Å². The summed E-state index contributed by atoms with van der Waals surface area (Å²) < 4.78 is 40.0. The van der Waals surface area contributed by atoms with Crippen LogP contribution < -0.4 is 34.9 Å². The van der Waals surface area contributed by atoms with Gasteiger partial charge in [-0.2, -0.15) is 24.9 Å². The highest BCUT2D eigenvalue weighted by molar-refractivity contribution is 6.33. The summed E-state index contributed by atoms with van der Waals surface area (Å²) in [6.45, 7) is 11.8. The number of benzene rings is 5. The molecule has 5 aromatic carbocycles. The number of ether oxygens (including phenoxy) is 6. The third-order valence-electron chi connectivity index (χ3n) is 20.4. The molecule has 13 aromatic rings. The maximum Gasteiger partial charge on any atom is 0.254 e. The molecule has 17 rings (SSSR count). The molecule has 2 amide bonds. The van der Waals surface area contributed by atoms with Gasteiger partial charge in [-0.3, -0.25) is 14.4 Å². The Balaban J connectivity index is 0.000000135. The number of allylic oxidation sites excluding steroid dienone is 1. The van der Waals surface area contributed by atoms with Crippen molar-refractivity contribution in [1.29, 1.82) is 0 Å². The van der Waals surface area contributed by atoms with E-state index in [9.17, 15) is 14.4 Å². The van der Waals surface area contributed by atoms with Gasteiger partial charge in [0.25, 0.3) is 11.8 Å². The summed E-state index contributed by atoms with van der Waals surface area (Å²) in [5.74, 6) is 5.96. The fraction of sp³-hybridized carbons (Fsp3) is 0.302. The largest absolute Gasteiger partial charge is 0.496 e. The summed E-state index contributed by atoms with van der Waals surface area (Å²) in [7, 11) is 6.68. The van der Waals surface area contributed by atoms with Crippen LogP contribution in [0.4, 0.5) is 29.1 Å². The summed E-state index contributed by atoms with van der Waals surface area (Å²) in [6, 6.07) is 34.5. The highest BCUT2D eigenvalue weighted by Gasteiger charge is 2.30. The third kappa shape index (κ3) is 17.1. The van der Waals surface area contributed by atoms with Gasteiger partial charge in [-0.1, -0.05) is 67.1 Å². The van der Waals surface area contributed by atoms with Gasteiger partial charge in [0.05, 0.1) is 66.8 Å². The number of morpholine rings is 1. The number of amides is 2. The number of hydrogen-bond donors (Lipinski definition) is 6. The minimum Gasteiger partial charge on any atom is -0.496 e. The van der Waals surface area contributed by atoms with Crippen LogP contribution in [0.25, 0.3) is 72.4 Å². The molecule has 28 heteroatoms. The van der Waals surface area contributed by atoms with Gasteiger partial charge in [0.1, 0.15) is 46.1 Å². The maximum atomic E-state index is 12.8. The van der Waals surface area contributed by atoms with Crippen molar-refractivity contribution in [2.45, 2.75) is 97.6 Å². The molecule has 0 atom stereocenters. The maximum absolute atomic E-state index is 12.8. The quantitative estimate of drug-likeness (QED) is 0.0343. The number of fused-ring (bicyclic) bond motifs is 4. The number of Topliss-reactive ketones (excluding diaryl/α,β-unsaturated/α-hetero) is 1. The molecule has 2 saturated heterocycles. The monoisotopic (exact) mass is 1550 g/mol. The van der Waals surface area contributed by atoms with Crippen LogP contribution in [0.5, 0.6) is 23.4 Å². The van der Waals surface area contributed by atoms with Crippen LogP contribution in [0.1, 0.15) is 130 Å². The molecule has 27 nitrogen and oxygen atoms in total. The first kappa shape index (κ1) is 76.8. The fourth-order valence-corrected chi connectivity index (χ4v) is 14.7. The molecule has 8 aromatic heterocycles. The number of carbonyl (C=O) groups excluding carboxylic acids is 3. The van der Waals surface area contributed by atoms with E-state index in [1.165, 1.54) is 12.8 Å². The summed E-state index contributed by atoms with van der Waals surface area (Å²) in [6.07, 6.45) is 19.4. The van der Waals surface area contributed by atoms with Gasteiger partial charge in [-0.05, 0) is 135 Å². The van der Waals surface area contributed by atoms with E-state index in [2.05, 4.69) is 61.9 Å². The predicted molar refractivity (Wildman–Crippen MR) is 438 cm³/mol. The molecule has 10 heterocycles. The molecule has 1 saturated carbocycles. The van der Waals surface area contributed by atoms with Crippen molar-refractivity contribution in [2.24, 2.45) is 0 Å². The van der Waals surface area contributed by atoms with Gasteiger partial charge in [0, 0.05) is 160 Å². The minimum absolute atomic E-state index is 0.0390. The summed E-state index contributed by atoms with van der Waals surface area (Å²) in [4.78, 5) is 92.4. The first-order valence-corrected chi connectivity index (χ1v) is 38.7. The molecule has 0 unspecified atom stereocenters. The number of pyridine rings is 1. The van der Waals surface area contributed by atoms with Gasteiger partial charge in [0.2, 0.25) is 29.5 Å². The number of ketones is 1. The number of oxazole rings is 1. The van der Waals surface area contributed by atoms with Crippen molar-refractivity contribution in [3.05, 3.63) is 208 Å². The van der Waals surface area contributed by atoms with E-state index >= 15 is 0 Å². The van der Waals surface area contributed by atoms with Crippen molar-refractivity contribution in [3.8, 4) is 57.0 Å². The Labute approximate surface area is 663 Å². The number of rotatable bonds is 22. The third-order valence-corrected chi connectivity index (χ3v) is 20.7. The Morgan fingerprint density at radius 3 is 2.07 bits per heavy atom. The second-order valence-electron chi connectivity index (χ2n) is 28.3. The van der Waals surface area contributed by atoms with Crippen molar-refractivity contribution in [1.82, 2.24) is 69.6 Å². The second kappa shape index (κ2) is 34.6. The van der Waals surface area contributed by atoms with Crippen molar-refractivity contribution < 1.29 is 47.2 Å². The average Bonchev–Trinajstić information content (AvgIpc) is 1.62. The predicted octanol–water partition coefficient (Wildman–Crippen LogP) is 16.1. The van der Waals surface area contributed by atoms with E-state index in [1.54, 1.807) is 68.7 Å². The number of nitrogens with one attached hydrogen (secondary N) is 6. The number of halogens is 1. The molecule has 0 radical (unpaired) electrons. The average molecular weight is 1560 g/mol. The SMILES string of the molecule is CCOc1ccc(C2=CCc3nc(Cc4ccc(C(=O)CC)cc4OC)nc(OC4CCCC4)c32)cn1.COc1nc(Nc2ccc(C(=O)N3CCOCC3)cc2Cl)nc2[nH]cc(-c3ccc(-c4ncc[nH]4)cc3)c12.Cc1nc2ccc(-c3c[nH]c4nc(Nc5ccc(C(=O)N(C)C)cc5C)nc(NC5CCOCC5)c34)cc2o1. The van der Waals surface area contributed by atoms with E-state index in [-0.39, 0.29) is 29.7 Å². The lowest BCUT2D eigenvalue weighted by Crippen LogP contribution is -2.40. The van der Waals surface area contributed by atoms with Crippen LogP contribution in [0.2, 0.25) is 5.02 Å². The molecule has 0 spiro atoms. The zero-order valence-corrected chi connectivity index (χ0v) is 65.5. The molecular formula is C86H88ClN17O10. The molecule has 6 N–H and O–H groups in total. The number of aromatic nitrogens is 12. The Kier molecular flexibility index (Phi) is 23.3. The fourth-order valence-electron chi connectivity index (χ4n) is 14.5. The lowest BCUT2D eigenvalue weighted by molar-refractivity contribution is 0.0303. The number of anilines is 5. The van der Waals surface area contributed by atoms with Crippen LogP contribution in [-0.2, 0) is 22.3 Å². The number of hydrogen-bond acceptors (Lipinski definition) is 22. The van der Waals surface area contributed by atoms with Gasteiger partial charge >= 0.3 is 0 Å². The molecule has 114 heavy (non-hydrogen) atoms. The Morgan fingerprint density at radius 1 is 0.667 bits per heavy atom. The van der Waals surface area contributed by atoms with Crippen molar-refractivity contribution in [3.63, 3.8) is 0 Å². The molecule has 3 fully saturated rings. The number of imidazole rings is 1. The smallest absolute Gasteiger partial charge is 0.254 e. The molecule has 2 aliphatic heterocycles. The van der Waals surface area contributed by atoms with Crippen LogP contribution in [0, 0.1) is 13.8 Å². The number of aryl methyl sites for hydroxylation is 2. The van der Waals surface area contributed by atoms with E-state index in [1.807, 2.05) is 137 Å². The second-order valence-corrected chi connectivity index (χ2v) is 28.7. The topological polar surface area (TPSA) is 326 Å². The first-order chi connectivity index (χ1) is 55.5. The number of carbonyl (C=O) groups is 3. The minimum atomic E-state index is -0.0720. The summed E-state index contributed by atoms with van der Waals surface area (Å²) in [5, 5.41) is 12.2. The van der Waals surface area contributed by atoms with Gasteiger partial charge in [0.15, 0.2) is 17.3 Å². The Bertz CT molecular complexity index is 5690. The molecule has 584 valence electrons. The first-order valence-electron chi connectivity index (χ1n) is 38.3. The Hall–Kier alpha value is -12.6. The summed E-state index contributed by atoms with van der Waals surface area (Å²) in [5.41, 5.74) is 16.8. The van der Waals surface area contributed by atoms with Crippen molar-refractivity contribution >= 4 is 97.0 Å². The number of H-pyrrole nitrogens is 3. The molecule has 2 aliphatic carbocycles. The zero-order chi connectivity index (χ0) is 78.9. The van der Waals surface area contributed by atoms with Gasteiger partial charge in [-0.15, -0.1) is 0 Å². The normalized spacial score (nSPS) is 14.2. The number of nitrogens with zero attached hydrogens (tertiary/aromatic N) is 11. The Morgan fingerprint density at radius 2 is 1.37 bits per heavy atom. The lowest BCUT2D eigenvalue weighted by atomic mass is 10.0. The standard InChI is InChI=1S/C30H33N3O4.C29H31N7O3.C27H24ClN7O3/c1-4-25(34)19-10-11-20(26(16-19)35-3)17-27-32-24-14-13-23(21-12-15-28(31-18-21)36-5-2)29(24)30(33-27)37-22-8-6-7-9-22;1-16-13-19(28(37)36(3)4)6-7-22(16)33-29-34-26-25(27(35-29)32-20-9-11-38-12-10-20)21(15-30-26)18-5-8-23-24(14-18)39-17(2)31-23;1-37-25-22-19(16-2-4-17(5-3-16)23-29-8-9-30-23)15-31-24(22)33-27(34-25)32-21-7-6-18(14-20(21)28)26(36)35-10-12-38-13-11-35/h10-13,15-16,18,22H,4-9,14,17H2,1-3H3;5-8,13-15,20H,9-12H2,1-4H3,(H3,30,32,33,34,35);2-9,14-15H,10-13H2,1H3,(H,29,30)(H2,31,32,33,34). The molecular weight excluding hydrogens is 1470 g/mol. The van der Waals surface area contributed by atoms with E-state index in [4.69, 9.17) is 64.4 Å². The molecule has 4 aliphatic rings.